The third-order valence-corrected chi connectivity index (χ3v) is 4.45. The third-order valence-electron chi connectivity index (χ3n) is 3.25. The van der Waals surface area contributed by atoms with E-state index in [0.29, 0.717) is 11.3 Å². The lowest BCUT2D eigenvalue weighted by Crippen LogP contribution is -2.15. The van der Waals surface area contributed by atoms with Gasteiger partial charge in [-0.15, -0.1) is 11.3 Å². The van der Waals surface area contributed by atoms with E-state index in [4.69, 9.17) is 9.84 Å². The summed E-state index contributed by atoms with van der Waals surface area (Å²) in [7, 11) is 0. The Hall–Kier alpha value is -2.09. The Kier molecular flexibility index (Phi) is 7.53. The molecule has 1 amide bonds. The predicted octanol–water partition coefficient (Wildman–Crippen LogP) is 3.97. The number of unbranched alkanes of at least 4 members (excludes halogenated alkanes) is 4. The molecule has 0 saturated carbocycles. The molecule has 0 aliphatic carbocycles. The van der Waals surface area contributed by atoms with E-state index in [9.17, 15) is 19.5 Å². The number of carbonyl (C=O) groups is 3. The summed E-state index contributed by atoms with van der Waals surface area (Å²) in [6, 6.07) is 0. The van der Waals surface area contributed by atoms with Crippen LogP contribution in [-0.2, 0) is 4.74 Å². The molecule has 0 saturated heterocycles. The summed E-state index contributed by atoms with van der Waals surface area (Å²) in [5.41, 5.74) is -0.0999. The van der Waals surface area contributed by atoms with Gasteiger partial charge in [0, 0.05) is 0 Å². The molecule has 7 nitrogen and oxygen atoms in total. The highest BCUT2D eigenvalue weighted by Crippen LogP contribution is 2.33. The topological polar surface area (TPSA) is 113 Å². The van der Waals surface area contributed by atoms with E-state index in [0.717, 1.165) is 32.1 Å². The molecule has 0 aromatic carbocycles. The first-order valence-corrected chi connectivity index (χ1v) is 8.23. The van der Waals surface area contributed by atoms with Crippen molar-refractivity contribution in [3.63, 3.8) is 0 Å². The molecule has 8 heteroatoms. The highest BCUT2D eigenvalue weighted by atomic mass is 32.1. The van der Waals surface area contributed by atoms with E-state index in [1.165, 1.54) is 6.92 Å². The lowest BCUT2D eigenvalue weighted by atomic mass is 10.1. The second kappa shape index (κ2) is 9.14. The Bertz CT molecular complexity index is 581. The summed E-state index contributed by atoms with van der Waals surface area (Å²) in [6.45, 7) is 3.75. The van der Waals surface area contributed by atoms with E-state index in [1.54, 1.807) is 0 Å². The maximum absolute atomic E-state index is 11.7. The van der Waals surface area contributed by atoms with Gasteiger partial charge >= 0.3 is 18.0 Å². The fourth-order valence-electron chi connectivity index (χ4n) is 2.06. The molecule has 0 spiro atoms. The zero-order valence-corrected chi connectivity index (χ0v) is 14.0. The zero-order chi connectivity index (χ0) is 17.4. The van der Waals surface area contributed by atoms with E-state index in [2.05, 4.69) is 12.2 Å². The standard InChI is InChI=1S/C15H21NO6S/c1-3-4-5-6-7-8-22-15(21)16-12-10(13(17)18)9(2)11(23-12)14(19)20/h3-8H2,1-2H3,(H,16,21)(H,17,18)(H,19,20). The van der Waals surface area contributed by atoms with Crippen LogP contribution in [0.15, 0.2) is 0 Å². The first kappa shape index (κ1) is 19.0. The van der Waals surface area contributed by atoms with Gasteiger partial charge in [-0.25, -0.2) is 14.4 Å². The highest BCUT2D eigenvalue weighted by molar-refractivity contribution is 7.18. The number of carboxylic acid groups (broad SMARTS) is 2. The molecule has 0 bridgehead atoms. The fraction of sp³-hybridized carbons (Fsp3) is 0.533. The average Bonchev–Trinajstić information content (AvgIpc) is 2.79. The van der Waals surface area contributed by atoms with E-state index < -0.39 is 18.0 Å². The monoisotopic (exact) mass is 343 g/mol. The van der Waals surface area contributed by atoms with Crippen LogP contribution >= 0.6 is 11.3 Å². The first-order chi connectivity index (χ1) is 10.9. The zero-order valence-electron chi connectivity index (χ0n) is 13.2. The number of amides is 1. The number of ether oxygens (including phenoxy) is 1. The summed E-state index contributed by atoms with van der Waals surface area (Å²) >= 11 is 0.709. The van der Waals surface area contributed by atoms with Gasteiger partial charge < -0.3 is 14.9 Å². The number of carboxylic acids is 2. The molecule has 0 aliphatic rings. The molecule has 1 aromatic heterocycles. The number of carbonyl (C=O) groups excluding carboxylic acids is 1. The van der Waals surface area contributed by atoms with Crippen LogP contribution in [0.2, 0.25) is 0 Å². The second-order valence-electron chi connectivity index (χ2n) is 5.05. The fourth-order valence-corrected chi connectivity index (χ4v) is 3.09. The number of anilines is 1. The van der Waals surface area contributed by atoms with Crippen LogP contribution < -0.4 is 5.32 Å². The Morgan fingerprint density at radius 1 is 1.09 bits per heavy atom. The largest absolute Gasteiger partial charge is 0.478 e. The van der Waals surface area contributed by atoms with Gasteiger partial charge in [-0.2, -0.15) is 0 Å². The minimum absolute atomic E-state index is 0.0246. The highest BCUT2D eigenvalue weighted by Gasteiger charge is 2.25. The Labute approximate surface area is 138 Å². The van der Waals surface area contributed by atoms with Crippen LogP contribution in [-0.4, -0.2) is 34.9 Å². The molecule has 1 rings (SSSR count). The van der Waals surface area contributed by atoms with Crippen molar-refractivity contribution in [3.05, 3.63) is 16.0 Å². The summed E-state index contributed by atoms with van der Waals surface area (Å²) in [5, 5.41) is 20.5. The van der Waals surface area contributed by atoms with Crippen LogP contribution in [0.1, 0.15) is 64.6 Å². The Balaban J connectivity index is 2.62. The normalized spacial score (nSPS) is 10.3. The number of aromatic carboxylic acids is 2. The molecule has 1 heterocycles. The van der Waals surface area contributed by atoms with Crippen molar-refractivity contribution < 1.29 is 29.3 Å². The van der Waals surface area contributed by atoms with Crippen molar-refractivity contribution in [2.45, 2.75) is 46.0 Å². The molecular weight excluding hydrogens is 322 g/mol. The van der Waals surface area contributed by atoms with Gasteiger partial charge in [-0.3, -0.25) is 5.32 Å². The molecule has 0 unspecified atom stereocenters. The van der Waals surface area contributed by atoms with Crippen LogP contribution in [0.5, 0.6) is 0 Å². The maximum Gasteiger partial charge on any atom is 0.412 e. The van der Waals surface area contributed by atoms with Gasteiger partial charge in [0.05, 0.1) is 12.2 Å². The smallest absolute Gasteiger partial charge is 0.412 e. The van der Waals surface area contributed by atoms with Crippen molar-refractivity contribution >= 4 is 34.4 Å². The molecule has 0 radical (unpaired) electrons. The van der Waals surface area contributed by atoms with Crippen LogP contribution in [0, 0.1) is 6.92 Å². The average molecular weight is 343 g/mol. The Morgan fingerprint density at radius 3 is 2.30 bits per heavy atom. The van der Waals surface area contributed by atoms with Gasteiger partial charge in [0.25, 0.3) is 0 Å². The molecule has 3 N–H and O–H groups in total. The number of rotatable bonds is 9. The molecule has 23 heavy (non-hydrogen) atoms. The second-order valence-corrected chi connectivity index (χ2v) is 6.07. The summed E-state index contributed by atoms with van der Waals surface area (Å²) in [5.74, 6) is -2.52. The number of thiophene rings is 1. The van der Waals surface area contributed by atoms with Gasteiger partial charge in [-0.05, 0) is 18.9 Å². The lowest BCUT2D eigenvalue weighted by molar-refractivity contribution is 0.0696. The summed E-state index contributed by atoms with van der Waals surface area (Å²) in [6.07, 6.45) is 4.27. The van der Waals surface area contributed by atoms with Crippen molar-refractivity contribution in [3.8, 4) is 0 Å². The van der Waals surface area contributed by atoms with Gasteiger partial charge in [-0.1, -0.05) is 32.6 Å². The molecule has 128 valence electrons. The van der Waals surface area contributed by atoms with Crippen molar-refractivity contribution in [1.82, 2.24) is 0 Å². The van der Waals surface area contributed by atoms with E-state index in [-0.39, 0.29) is 27.6 Å². The summed E-state index contributed by atoms with van der Waals surface area (Å²) < 4.78 is 4.99. The van der Waals surface area contributed by atoms with E-state index >= 15 is 0 Å². The Morgan fingerprint density at radius 2 is 1.74 bits per heavy atom. The SMILES string of the molecule is CCCCCCCOC(=O)Nc1sc(C(=O)O)c(C)c1C(=O)O. The number of nitrogens with one attached hydrogen (secondary N) is 1. The van der Waals surface area contributed by atoms with Crippen LogP contribution in [0.4, 0.5) is 9.80 Å². The minimum atomic E-state index is -1.29. The molecule has 0 aliphatic heterocycles. The van der Waals surface area contributed by atoms with Gasteiger partial charge in [0.15, 0.2) is 0 Å². The molecule has 0 fully saturated rings. The summed E-state index contributed by atoms with van der Waals surface area (Å²) in [4.78, 5) is 33.9. The van der Waals surface area contributed by atoms with Gasteiger partial charge in [0.2, 0.25) is 0 Å². The first-order valence-electron chi connectivity index (χ1n) is 7.42. The third kappa shape index (κ3) is 5.55. The van der Waals surface area contributed by atoms with Crippen molar-refractivity contribution in [2.24, 2.45) is 0 Å². The van der Waals surface area contributed by atoms with Crippen LogP contribution in [0.3, 0.4) is 0 Å². The quantitative estimate of drug-likeness (QED) is 0.585. The van der Waals surface area contributed by atoms with Crippen molar-refractivity contribution in [2.75, 3.05) is 11.9 Å². The number of hydrogen-bond donors (Lipinski definition) is 3. The molecule has 0 atom stereocenters. The van der Waals surface area contributed by atoms with Crippen LogP contribution in [0.25, 0.3) is 0 Å². The molecular formula is C15H21NO6S. The maximum atomic E-state index is 11.7. The lowest BCUT2D eigenvalue weighted by Gasteiger charge is -2.06. The van der Waals surface area contributed by atoms with Crippen molar-refractivity contribution in [1.29, 1.82) is 0 Å². The van der Waals surface area contributed by atoms with E-state index in [1.807, 2.05) is 0 Å². The molecule has 1 aromatic rings. The number of hydrogen-bond acceptors (Lipinski definition) is 5. The minimum Gasteiger partial charge on any atom is -0.478 e. The predicted molar refractivity (Wildman–Crippen MR) is 86.7 cm³/mol. The van der Waals surface area contributed by atoms with Gasteiger partial charge in [0.1, 0.15) is 9.88 Å².